The van der Waals surface area contributed by atoms with Gasteiger partial charge in [-0.2, -0.15) is 0 Å². The Morgan fingerprint density at radius 1 is 1.08 bits per heavy atom. The number of allylic oxidation sites excluding steroid dienone is 3. The maximum absolute atomic E-state index is 10.8. The van der Waals surface area contributed by atoms with E-state index in [0.29, 0.717) is 23.1 Å². The summed E-state index contributed by atoms with van der Waals surface area (Å²) in [4.78, 5) is 6.90. The molecule has 0 atom stereocenters. The molecule has 2 aliphatic rings. The van der Waals surface area contributed by atoms with Crippen LogP contribution in [0.2, 0.25) is 0 Å². The highest BCUT2D eigenvalue weighted by atomic mass is 16.5. The summed E-state index contributed by atoms with van der Waals surface area (Å²) in [7, 11) is 3.19. The highest BCUT2D eigenvalue weighted by Gasteiger charge is 2.25. The van der Waals surface area contributed by atoms with Crippen molar-refractivity contribution in [3.63, 3.8) is 0 Å². The van der Waals surface area contributed by atoms with Gasteiger partial charge in [-0.1, -0.05) is 32.1 Å². The minimum absolute atomic E-state index is 0.0876. The van der Waals surface area contributed by atoms with E-state index in [9.17, 15) is 5.11 Å². The van der Waals surface area contributed by atoms with Crippen LogP contribution >= 0.6 is 0 Å². The molecule has 0 radical (unpaired) electrons. The van der Waals surface area contributed by atoms with E-state index in [-0.39, 0.29) is 24.1 Å². The van der Waals surface area contributed by atoms with Gasteiger partial charge in [-0.3, -0.25) is 15.2 Å². The minimum Gasteiger partial charge on any atom is -0.507 e. The maximum atomic E-state index is 10.8. The van der Waals surface area contributed by atoms with Gasteiger partial charge >= 0.3 is 0 Å². The lowest BCUT2D eigenvalue weighted by molar-refractivity contribution is 0.114. The van der Waals surface area contributed by atoms with Crippen molar-refractivity contribution in [2.45, 2.75) is 52.5 Å². The fourth-order valence-corrected chi connectivity index (χ4v) is 4.99. The number of aromatic hydroxyl groups is 1. The first kappa shape index (κ1) is 28.0. The summed E-state index contributed by atoms with van der Waals surface area (Å²) in [5.41, 5.74) is 4.54. The molecule has 1 aromatic carbocycles. The molecule has 1 aliphatic carbocycles. The van der Waals surface area contributed by atoms with Crippen LogP contribution in [0.5, 0.6) is 11.5 Å². The highest BCUT2D eigenvalue weighted by molar-refractivity contribution is 5.92. The third-order valence-corrected chi connectivity index (χ3v) is 7.17. The first-order valence-electron chi connectivity index (χ1n) is 13.0. The molecule has 198 valence electrons. The average molecular weight is 497 g/mol. The molecule has 1 fully saturated rings. The van der Waals surface area contributed by atoms with Crippen molar-refractivity contribution < 1.29 is 14.6 Å². The maximum Gasteiger partial charge on any atom is 0.131 e. The Kier molecular flexibility index (Phi) is 9.77. The number of methoxy groups -OCH3 is 2. The van der Waals surface area contributed by atoms with Gasteiger partial charge in [0.05, 0.1) is 12.8 Å². The monoisotopic (exact) mass is 496 g/mol. The van der Waals surface area contributed by atoms with Crippen molar-refractivity contribution in [1.29, 1.82) is 5.41 Å². The molecule has 1 aliphatic heterocycles. The standard InChI is InChI=1S/C29H44N4O3/c1-20(2)25-16-26(27(34)17-28(25)36-7)22(5)33(29(30)19-35-6)24-10-8-23(9-11-24)18-31-12-14-32(15-13-31)21(3)4/h8,10,16-17,20-21,30,34H,5,9,11-15,18-19H2,1-4,6-7H3. The van der Waals surface area contributed by atoms with Crippen LogP contribution in [-0.4, -0.2) is 85.2 Å². The lowest BCUT2D eigenvalue weighted by atomic mass is 9.96. The predicted molar refractivity (Wildman–Crippen MR) is 148 cm³/mol. The summed E-state index contributed by atoms with van der Waals surface area (Å²) in [6.07, 6.45) is 6.03. The van der Waals surface area contributed by atoms with Crippen molar-refractivity contribution >= 4 is 11.5 Å². The second kappa shape index (κ2) is 12.6. The van der Waals surface area contributed by atoms with Gasteiger partial charge < -0.3 is 19.5 Å². The third-order valence-electron chi connectivity index (χ3n) is 7.17. The van der Waals surface area contributed by atoms with E-state index in [4.69, 9.17) is 14.9 Å². The van der Waals surface area contributed by atoms with Crippen LogP contribution in [0, 0.1) is 5.41 Å². The number of hydrogen-bond donors (Lipinski definition) is 2. The Bertz CT molecular complexity index is 1000. The zero-order valence-electron chi connectivity index (χ0n) is 22.9. The molecule has 7 heteroatoms. The largest absolute Gasteiger partial charge is 0.507 e. The molecule has 0 spiro atoms. The number of nitrogens with one attached hydrogen (secondary N) is 1. The van der Waals surface area contributed by atoms with Gasteiger partial charge in [0.25, 0.3) is 0 Å². The van der Waals surface area contributed by atoms with Crippen LogP contribution < -0.4 is 4.74 Å². The van der Waals surface area contributed by atoms with Crippen molar-refractivity contribution in [3.8, 4) is 11.5 Å². The van der Waals surface area contributed by atoms with E-state index in [0.717, 1.165) is 56.8 Å². The van der Waals surface area contributed by atoms with Crippen LogP contribution in [0.4, 0.5) is 0 Å². The first-order valence-corrected chi connectivity index (χ1v) is 13.0. The molecule has 0 amide bonds. The molecular formula is C29H44N4O3. The van der Waals surface area contributed by atoms with Gasteiger partial charge in [0.15, 0.2) is 0 Å². The van der Waals surface area contributed by atoms with Crippen molar-refractivity contribution in [2.24, 2.45) is 0 Å². The summed E-state index contributed by atoms with van der Waals surface area (Å²) in [5, 5.41) is 19.5. The zero-order chi connectivity index (χ0) is 26.4. The lowest BCUT2D eigenvalue weighted by Crippen LogP contribution is -2.49. The van der Waals surface area contributed by atoms with Gasteiger partial charge in [-0.15, -0.1) is 0 Å². The quantitative estimate of drug-likeness (QED) is 0.349. The summed E-state index contributed by atoms with van der Waals surface area (Å²) in [6.45, 7) is 18.6. The Morgan fingerprint density at radius 3 is 2.31 bits per heavy atom. The number of phenols is 1. The Hall–Kier alpha value is -2.61. The molecule has 3 rings (SSSR count). The fraction of sp³-hybridized carbons (Fsp3) is 0.552. The number of amidine groups is 1. The second-order valence-electron chi connectivity index (χ2n) is 10.3. The molecular weight excluding hydrogens is 452 g/mol. The van der Waals surface area contributed by atoms with Crippen LogP contribution in [0.3, 0.4) is 0 Å². The minimum atomic E-state index is 0.0876. The molecule has 1 aromatic rings. The number of benzene rings is 1. The van der Waals surface area contributed by atoms with Gasteiger partial charge in [0.2, 0.25) is 0 Å². The molecule has 0 bridgehead atoms. The average Bonchev–Trinajstić information content (AvgIpc) is 2.85. The van der Waals surface area contributed by atoms with E-state index in [1.165, 1.54) is 5.57 Å². The zero-order valence-corrected chi connectivity index (χ0v) is 22.9. The SMILES string of the molecule is C=C(c1cc(C(C)C)c(OC)cc1O)N(C(=N)COC)C1=CC=C(CN2CCN(C(C)C)CC2)CC1. The smallest absolute Gasteiger partial charge is 0.131 e. The van der Waals surface area contributed by atoms with Gasteiger partial charge in [0, 0.05) is 63.2 Å². The number of piperazine rings is 1. The van der Waals surface area contributed by atoms with E-state index >= 15 is 0 Å². The van der Waals surface area contributed by atoms with Gasteiger partial charge in [0.1, 0.15) is 23.9 Å². The third kappa shape index (κ3) is 6.58. The molecule has 0 aromatic heterocycles. The van der Waals surface area contributed by atoms with Gasteiger partial charge in [-0.25, -0.2) is 0 Å². The van der Waals surface area contributed by atoms with E-state index < -0.39 is 0 Å². The Balaban J connectivity index is 1.82. The predicted octanol–water partition coefficient (Wildman–Crippen LogP) is 5.05. The molecule has 36 heavy (non-hydrogen) atoms. The van der Waals surface area contributed by atoms with Crippen LogP contribution in [0.25, 0.3) is 5.70 Å². The number of phenolic OH excluding ortho intramolecular Hbond substituents is 1. The van der Waals surface area contributed by atoms with Crippen molar-refractivity contribution in [2.75, 3.05) is 53.6 Å². The number of rotatable bonds is 10. The second-order valence-corrected chi connectivity index (χ2v) is 10.3. The van der Waals surface area contributed by atoms with E-state index in [1.54, 1.807) is 20.3 Å². The van der Waals surface area contributed by atoms with E-state index in [2.05, 4.69) is 56.2 Å². The van der Waals surface area contributed by atoms with Crippen LogP contribution in [0.15, 0.2) is 42.1 Å². The lowest BCUT2D eigenvalue weighted by Gasteiger charge is -2.37. The normalized spacial score (nSPS) is 17.2. The molecule has 7 nitrogen and oxygen atoms in total. The molecule has 0 saturated carbocycles. The van der Waals surface area contributed by atoms with Crippen molar-refractivity contribution in [1.82, 2.24) is 14.7 Å². The Labute approximate surface area is 217 Å². The summed E-state index contributed by atoms with van der Waals surface area (Å²) >= 11 is 0. The van der Waals surface area contributed by atoms with Gasteiger partial charge in [-0.05, 0) is 50.3 Å². The number of nitrogens with zero attached hydrogens (tertiary/aromatic N) is 3. The Morgan fingerprint density at radius 2 is 1.78 bits per heavy atom. The molecule has 1 heterocycles. The number of ether oxygens (including phenoxy) is 2. The summed E-state index contributed by atoms with van der Waals surface area (Å²) < 4.78 is 10.8. The fourth-order valence-electron chi connectivity index (χ4n) is 4.99. The van der Waals surface area contributed by atoms with E-state index in [1.807, 2.05) is 11.0 Å². The van der Waals surface area contributed by atoms with Crippen molar-refractivity contribution in [3.05, 3.63) is 53.3 Å². The van der Waals surface area contributed by atoms with Crippen LogP contribution in [-0.2, 0) is 4.74 Å². The van der Waals surface area contributed by atoms with Crippen LogP contribution in [0.1, 0.15) is 57.6 Å². The number of hydrogen-bond acceptors (Lipinski definition) is 6. The molecule has 0 unspecified atom stereocenters. The molecule has 2 N–H and O–H groups in total. The summed E-state index contributed by atoms with van der Waals surface area (Å²) in [6, 6.07) is 4.17. The first-order chi connectivity index (χ1) is 17.2. The summed E-state index contributed by atoms with van der Waals surface area (Å²) in [5.74, 6) is 1.23. The molecule has 1 saturated heterocycles. The highest BCUT2D eigenvalue weighted by Crippen LogP contribution is 2.38. The topological polar surface area (TPSA) is 72.3 Å².